The molecule has 10 saturated heterocycles. The van der Waals surface area contributed by atoms with E-state index in [1.54, 1.807) is 0 Å². The summed E-state index contributed by atoms with van der Waals surface area (Å²) in [5.41, 5.74) is 0. The minimum atomic E-state index is -2.68. The average Bonchev–Trinajstić information content (AvgIpc) is 0.760. The van der Waals surface area contributed by atoms with E-state index in [9.17, 15) is 182 Å². The van der Waals surface area contributed by atoms with Crippen molar-refractivity contribution in [1.29, 1.82) is 0 Å². The van der Waals surface area contributed by atoms with Crippen LogP contribution in [0.4, 0.5) is 0 Å². The fraction of sp³-hybridized carbons (Fsp3) is 0.934. The molecule has 10 heterocycles. The zero-order chi connectivity index (χ0) is 101. The maximum atomic E-state index is 13.3. The fourth-order valence-electron chi connectivity index (χ4n) is 17.4. The van der Waals surface area contributed by atoms with Crippen LogP contribution in [0.1, 0.15) is 34.6 Å². The van der Waals surface area contributed by atoms with Crippen molar-refractivity contribution in [2.24, 2.45) is 0 Å². The van der Waals surface area contributed by atoms with Gasteiger partial charge in [0.2, 0.25) is 29.5 Å². The molecule has 54 atom stereocenters. The van der Waals surface area contributed by atoms with Crippen molar-refractivity contribution in [3.05, 3.63) is 0 Å². The van der Waals surface area contributed by atoms with Gasteiger partial charge in [-0.25, -0.2) is 0 Å². The fourth-order valence-corrected chi connectivity index (χ4v) is 17.4. The lowest BCUT2D eigenvalue weighted by Crippen LogP contribution is -2.71. The highest BCUT2D eigenvalue weighted by atomic mass is 16.8. The molecule has 10 rings (SSSR count). The molecule has 0 saturated carbocycles. The first-order valence-electron chi connectivity index (χ1n) is 43.6. The molecule has 0 aliphatic carbocycles. The number of hydrogen-bond donors (Lipinski definition) is 36. The number of ether oxygens (including phenoxy) is 20. The van der Waals surface area contributed by atoms with Crippen LogP contribution in [0.5, 0.6) is 0 Å². The first kappa shape index (κ1) is 114. The van der Waals surface area contributed by atoms with E-state index in [2.05, 4.69) is 26.6 Å². The van der Waals surface area contributed by atoms with Gasteiger partial charge in [-0.3, -0.25) is 24.0 Å². The first-order valence-corrected chi connectivity index (χ1v) is 43.6. The van der Waals surface area contributed by atoms with E-state index in [1.165, 1.54) is 0 Å². The predicted molar refractivity (Wildman–Crippen MR) is 423 cm³/mol. The Bertz CT molecular complexity index is 3730. The smallest absolute Gasteiger partial charge is 0.217 e. The second kappa shape index (κ2) is 50.9. The zero-order valence-corrected chi connectivity index (χ0v) is 73.7. The Morgan fingerprint density at radius 1 is 0.248 bits per heavy atom. The summed E-state index contributed by atoms with van der Waals surface area (Å²) in [5, 5.41) is 358. The van der Waals surface area contributed by atoms with Gasteiger partial charge < -0.3 is 280 Å². The monoisotopic (exact) mass is 2010 g/mol. The molecule has 0 bridgehead atoms. The number of carbonyl (C=O) groups is 5. The maximum Gasteiger partial charge on any atom is 0.217 e. The number of aliphatic hydroxyl groups is 31. The van der Waals surface area contributed by atoms with Gasteiger partial charge in [0.25, 0.3) is 0 Å². The van der Waals surface area contributed by atoms with E-state index in [-0.39, 0.29) is 0 Å². The Hall–Kier alpha value is -4.69. The van der Waals surface area contributed by atoms with Gasteiger partial charge in [-0.2, -0.15) is 0 Å². The van der Waals surface area contributed by atoms with Gasteiger partial charge in [0, 0.05) is 34.6 Å². The van der Waals surface area contributed by atoms with Crippen molar-refractivity contribution < 1.29 is 277 Å². The number of aliphatic hydroxyl groups excluding tert-OH is 31. The van der Waals surface area contributed by atoms with E-state index >= 15 is 0 Å². The van der Waals surface area contributed by atoms with E-state index in [0.29, 0.717) is 0 Å². The second-order valence-corrected chi connectivity index (χ2v) is 34.3. The molecule has 10 fully saturated rings. The Balaban J connectivity index is 0.962. The third-order valence-corrected chi connectivity index (χ3v) is 24.6. The van der Waals surface area contributed by atoms with E-state index in [1.807, 2.05) is 0 Å². The SMILES string of the molecule is CC(=O)N[C@H]1[C@H](O[C@@H]([C@H](O)[C@H](CO)NC(C)=O)[C@H](O)CO)O[C@H](CO)[C@@H](O[C@@H]2O[C@H](CO[C@H]3O[C@H](CO)[C@@H](O)[C@H](O)[C@@H]3O[C@@H]3O[C@H](CO)[C@@H](O[C@@H]4O[C@H](CO)[C@H](O)[C@H](O)[C@H]4O)[C@H](O)[C@H]3NC(C)=O)[C@@H](O)[C@H](O[C@H]3O[C@H](CO)[C@@H](O)[C@H](O)[C@@H]3O[C@@H]3O[C@H](CO)[C@@H](O[C@@H]4O[C@H](CO)[C@H](O)[C@H](O[C@@H]5O[C@H](CO)[C@@H](O[C@@H]6O[C@H](CO)[C@H](O)[C@H](O)[C@H]6O)[C@H](O)[C@H]5NC(C)=O)[C@H]4O)[C@H](O)[C@H]3NC(C)=O)[C@@H]2O)[C@@H]1O. The first-order chi connectivity index (χ1) is 64.8. The third kappa shape index (κ3) is 26.1. The normalized spacial score (nSPS) is 46.5. The van der Waals surface area contributed by atoms with Crippen LogP contribution in [0.3, 0.4) is 0 Å². The molecular weight excluding hydrogens is 1880 g/mol. The number of nitrogens with one attached hydrogen (secondary N) is 5. The molecule has 0 unspecified atom stereocenters. The van der Waals surface area contributed by atoms with Gasteiger partial charge in [-0.15, -0.1) is 0 Å². The lowest BCUT2D eigenvalue weighted by molar-refractivity contribution is -0.400. The van der Waals surface area contributed by atoms with Crippen LogP contribution in [0.25, 0.3) is 0 Å². The number of rotatable bonds is 40. The Morgan fingerprint density at radius 2 is 0.504 bits per heavy atom. The summed E-state index contributed by atoms with van der Waals surface area (Å²) in [6.45, 7) is -9.34. The number of amides is 5. The quantitative estimate of drug-likeness (QED) is 0.0271. The molecule has 61 heteroatoms. The minimum Gasteiger partial charge on any atom is -0.394 e. The molecular formula is C76H129N5O56. The molecule has 0 aromatic heterocycles. The third-order valence-electron chi connectivity index (χ3n) is 24.6. The van der Waals surface area contributed by atoms with Crippen molar-refractivity contribution in [2.75, 3.05) is 79.3 Å². The van der Waals surface area contributed by atoms with Crippen LogP contribution < -0.4 is 26.6 Å². The van der Waals surface area contributed by atoms with Crippen molar-refractivity contribution in [3.63, 3.8) is 0 Å². The number of hydrogen-bond acceptors (Lipinski definition) is 56. The second-order valence-electron chi connectivity index (χ2n) is 34.3. The predicted octanol–water partition coefficient (Wildman–Crippen LogP) is -24.6. The van der Waals surface area contributed by atoms with Gasteiger partial charge in [-0.05, 0) is 0 Å². The van der Waals surface area contributed by atoms with Gasteiger partial charge in [-0.1, -0.05) is 0 Å². The number of carbonyl (C=O) groups excluding carboxylic acids is 5. The van der Waals surface area contributed by atoms with Gasteiger partial charge >= 0.3 is 0 Å². The van der Waals surface area contributed by atoms with Crippen LogP contribution in [0.15, 0.2) is 0 Å². The van der Waals surface area contributed by atoms with Crippen molar-refractivity contribution in [2.45, 2.75) is 366 Å². The molecule has 137 heavy (non-hydrogen) atoms. The molecule has 36 N–H and O–H groups in total. The topological polar surface area (TPSA) is 957 Å². The highest BCUT2D eigenvalue weighted by Crippen LogP contribution is 2.42. The van der Waals surface area contributed by atoms with Gasteiger partial charge in [0.1, 0.15) is 262 Å². The average molecular weight is 2010 g/mol. The summed E-state index contributed by atoms with van der Waals surface area (Å²) in [5.74, 6) is -4.82. The lowest BCUT2D eigenvalue weighted by Gasteiger charge is -2.51. The van der Waals surface area contributed by atoms with Crippen molar-refractivity contribution >= 4 is 29.5 Å². The van der Waals surface area contributed by atoms with E-state index in [0.717, 1.165) is 34.6 Å². The van der Waals surface area contributed by atoms with Gasteiger partial charge in [0.15, 0.2) is 62.9 Å². The maximum absolute atomic E-state index is 13.3. The summed E-state index contributed by atoms with van der Waals surface area (Å²) in [6.07, 6.45) is -106. The highest BCUT2D eigenvalue weighted by Gasteiger charge is 2.63. The van der Waals surface area contributed by atoms with Crippen molar-refractivity contribution in [3.8, 4) is 0 Å². The molecule has 0 radical (unpaired) electrons. The molecule has 61 nitrogen and oxygen atoms in total. The largest absolute Gasteiger partial charge is 0.394 e. The lowest BCUT2D eigenvalue weighted by atomic mass is 9.93. The van der Waals surface area contributed by atoms with E-state index < -0.39 is 440 Å². The molecule has 0 aromatic rings. The Morgan fingerprint density at radius 3 is 0.825 bits per heavy atom. The Kier molecular flexibility index (Phi) is 42.4. The molecule has 0 spiro atoms. The molecule has 5 amide bonds. The van der Waals surface area contributed by atoms with Crippen LogP contribution in [-0.2, 0) is 119 Å². The van der Waals surface area contributed by atoms with Crippen LogP contribution >= 0.6 is 0 Å². The Labute approximate surface area is 776 Å². The zero-order valence-electron chi connectivity index (χ0n) is 73.7. The summed E-state index contributed by atoms with van der Waals surface area (Å²) < 4.78 is 119. The summed E-state index contributed by atoms with van der Waals surface area (Å²) in [6, 6.07) is -9.70. The molecule has 794 valence electrons. The minimum absolute atomic E-state index is 0.840. The van der Waals surface area contributed by atoms with Crippen LogP contribution in [0.2, 0.25) is 0 Å². The standard InChI is InChI=1S/C76H129N5O56/c1-18(93)77-23(6-82)39(99)58(24(98)7-83)129-67-35(78-19(2)94)46(106)62(32(15-91)124-67)133-74-57(117)64(45(105)34(128-74)17-118-75-65(52(112)42(102)27(10-86)122-75)136-69-37(80-21(4)96)48(108)60(31(14-90)126-69)131-72-55(115)51(111)41(101)26(9-85)120-72)135-76-66(53(113)43(103)28(11-87)123-76)137-70-38(81-22(5)97)49(109)61(33(16-92)127-70)132-73-56(116)63(44(104)29(12-88)121-73)134-68-36(79-20(3)95)47(107)59(30(13-89)125-68)130-71-54(114)50(110)40(100)25(8-84)119-71/h23-76,82-92,98-117H,6-17H2,1-5H3,(H,77,93)(H,78,94)(H,79,95)(H,80,96)(H,81,97)/t23-,24+,25+,26+,27+,28+,29+,30+,31+,32+,33+,34+,35+,36+,37+,38+,39+,40-,41-,42+,43+,44-,45+,46+,47+,48+,49+,50-,51-,52-,53-,54+,55+,56+,57-,58+,59+,60+,61+,62+,63-,64-,65-,66-,67-,68-,69-,70-,71-,72-,73-,74-,75-,76+/m0/s1. The molecule has 0 aromatic carbocycles. The van der Waals surface area contributed by atoms with E-state index in [4.69, 9.17) is 94.7 Å². The summed E-state index contributed by atoms with van der Waals surface area (Å²) in [7, 11) is 0. The van der Waals surface area contributed by atoms with Crippen LogP contribution in [-0.4, -0.2) is 598 Å². The summed E-state index contributed by atoms with van der Waals surface area (Å²) in [4.78, 5) is 64.3. The molecule has 10 aliphatic heterocycles. The van der Waals surface area contributed by atoms with Crippen molar-refractivity contribution in [1.82, 2.24) is 26.6 Å². The van der Waals surface area contributed by atoms with Gasteiger partial charge in [0.05, 0.1) is 85.3 Å². The molecule has 10 aliphatic rings. The highest BCUT2D eigenvalue weighted by molar-refractivity contribution is 5.75. The van der Waals surface area contributed by atoms with Crippen LogP contribution in [0, 0.1) is 0 Å². The summed E-state index contributed by atoms with van der Waals surface area (Å²) >= 11 is 0.